The van der Waals surface area contributed by atoms with Crippen LogP contribution in [0.4, 0.5) is 0 Å². The summed E-state index contributed by atoms with van der Waals surface area (Å²) < 4.78 is 0. The molecule has 0 unspecified atom stereocenters. The van der Waals surface area contributed by atoms with Crippen molar-refractivity contribution in [3.05, 3.63) is 119 Å². The molecule has 0 radical (unpaired) electrons. The Bertz CT molecular complexity index is 1600. The third kappa shape index (κ3) is 4.56. The van der Waals surface area contributed by atoms with Crippen LogP contribution in [-0.2, 0) is 4.79 Å². The highest BCUT2D eigenvalue weighted by Gasteiger charge is 2.37. The van der Waals surface area contributed by atoms with Gasteiger partial charge in [-0.3, -0.25) is 19.2 Å². The maximum Gasteiger partial charge on any atom is 0.274 e. The highest BCUT2D eigenvalue weighted by molar-refractivity contribution is 6.25. The van der Waals surface area contributed by atoms with Crippen LogP contribution in [0.2, 0.25) is 0 Å². The first kappa shape index (κ1) is 27.0. The Hall–Kier alpha value is -6.05. The van der Waals surface area contributed by atoms with Crippen molar-refractivity contribution in [3.8, 4) is 47.2 Å². The van der Waals surface area contributed by atoms with E-state index in [0.29, 0.717) is 22.3 Å². The van der Waals surface area contributed by atoms with Gasteiger partial charge < -0.3 is 4.79 Å². The molecule has 192 valence electrons. The SMILES string of the molecule is C#CN1C(=O)c2cccc(-c3ccccc3)c2C1=O.C#CN1C(=O)c2cccc(-c3ccccc3)c2C1=O.C=O. The molecule has 0 saturated heterocycles. The zero-order chi connectivity index (χ0) is 28.8. The molecule has 6 rings (SSSR count). The summed E-state index contributed by atoms with van der Waals surface area (Å²) in [6, 6.07) is 33.6. The minimum atomic E-state index is -0.430. The highest BCUT2D eigenvalue weighted by Crippen LogP contribution is 2.33. The van der Waals surface area contributed by atoms with Crippen molar-refractivity contribution in [1.82, 2.24) is 9.80 Å². The average Bonchev–Trinajstić information content (AvgIpc) is 3.42. The Labute approximate surface area is 230 Å². The smallest absolute Gasteiger partial charge is 0.274 e. The van der Waals surface area contributed by atoms with Crippen molar-refractivity contribution >= 4 is 30.4 Å². The van der Waals surface area contributed by atoms with Crippen LogP contribution in [0.1, 0.15) is 41.4 Å². The lowest BCUT2D eigenvalue weighted by Crippen LogP contribution is -2.23. The van der Waals surface area contributed by atoms with Gasteiger partial charge in [-0.25, -0.2) is 0 Å². The lowest BCUT2D eigenvalue weighted by Gasteiger charge is -2.06. The molecule has 4 amide bonds. The third-order valence-corrected chi connectivity index (χ3v) is 6.26. The molecule has 7 heteroatoms. The molecule has 0 fully saturated rings. The summed E-state index contributed by atoms with van der Waals surface area (Å²) in [4.78, 5) is 58.0. The predicted octanol–water partition coefficient (Wildman–Crippen LogP) is 4.90. The summed E-state index contributed by atoms with van der Waals surface area (Å²) in [5.41, 5.74) is 4.74. The Kier molecular flexibility index (Phi) is 7.80. The van der Waals surface area contributed by atoms with Crippen LogP contribution in [0.5, 0.6) is 0 Å². The van der Waals surface area contributed by atoms with Crippen LogP contribution in [-0.4, -0.2) is 40.2 Å². The summed E-state index contributed by atoms with van der Waals surface area (Å²) in [5.74, 6) is -1.72. The fourth-order valence-corrected chi connectivity index (χ4v) is 4.52. The largest absolute Gasteiger partial charge is 0.307 e. The number of carbonyl (C=O) groups excluding carboxylic acids is 5. The Morgan fingerprint density at radius 3 is 1.10 bits per heavy atom. The van der Waals surface area contributed by atoms with E-state index in [-0.39, 0.29) is 0 Å². The number of benzene rings is 4. The number of fused-ring (bicyclic) bond motifs is 2. The molecule has 0 aliphatic carbocycles. The fourth-order valence-electron chi connectivity index (χ4n) is 4.52. The number of terminal acetylenes is 2. The first-order valence-electron chi connectivity index (χ1n) is 11.8. The lowest BCUT2D eigenvalue weighted by atomic mass is 9.97. The van der Waals surface area contributed by atoms with Crippen molar-refractivity contribution in [3.63, 3.8) is 0 Å². The van der Waals surface area contributed by atoms with E-state index in [1.807, 2.05) is 79.6 Å². The third-order valence-electron chi connectivity index (χ3n) is 6.26. The maximum absolute atomic E-state index is 12.2. The van der Waals surface area contributed by atoms with Crippen molar-refractivity contribution < 1.29 is 24.0 Å². The van der Waals surface area contributed by atoms with Gasteiger partial charge in [0, 0.05) is 12.1 Å². The van der Waals surface area contributed by atoms with Gasteiger partial charge >= 0.3 is 0 Å². The summed E-state index contributed by atoms with van der Waals surface area (Å²) in [6.45, 7) is 2.00. The molecule has 2 aliphatic heterocycles. The van der Waals surface area contributed by atoms with Crippen molar-refractivity contribution in [2.45, 2.75) is 0 Å². The standard InChI is InChI=1S/2C16H9NO2.CH2O/c2*1-2-17-15(18)13-10-6-9-12(14(13)16(17)19)11-7-4-3-5-8-11;1-2/h2*1,3-10H;1H2. The zero-order valence-electron chi connectivity index (χ0n) is 21.0. The Morgan fingerprint density at radius 2 is 0.775 bits per heavy atom. The summed E-state index contributed by atoms with van der Waals surface area (Å²) in [7, 11) is 0. The molecule has 0 spiro atoms. The molecule has 0 bridgehead atoms. The second-order valence-corrected chi connectivity index (χ2v) is 8.34. The molecular formula is C33H20N2O5. The van der Waals surface area contributed by atoms with Gasteiger partial charge in [0.1, 0.15) is 6.79 Å². The zero-order valence-corrected chi connectivity index (χ0v) is 21.0. The van der Waals surface area contributed by atoms with E-state index in [9.17, 15) is 19.2 Å². The fraction of sp³-hybridized carbons (Fsp3) is 0. The molecule has 0 saturated carbocycles. The first-order valence-corrected chi connectivity index (χ1v) is 11.8. The second kappa shape index (κ2) is 11.6. The molecule has 4 aromatic rings. The average molecular weight is 525 g/mol. The van der Waals surface area contributed by atoms with Crippen LogP contribution in [0.15, 0.2) is 97.1 Å². The first-order chi connectivity index (χ1) is 19.5. The normalized spacial score (nSPS) is 12.8. The van der Waals surface area contributed by atoms with Gasteiger partial charge in [0.25, 0.3) is 23.6 Å². The summed E-state index contributed by atoms with van der Waals surface area (Å²) >= 11 is 0. The Morgan fingerprint density at radius 1 is 0.450 bits per heavy atom. The minimum Gasteiger partial charge on any atom is -0.307 e. The number of imide groups is 2. The van der Waals surface area contributed by atoms with Gasteiger partial charge in [0.2, 0.25) is 0 Å². The quantitative estimate of drug-likeness (QED) is 0.275. The number of hydrogen-bond acceptors (Lipinski definition) is 5. The number of rotatable bonds is 2. The lowest BCUT2D eigenvalue weighted by molar-refractivity contribution is -0.0980. The molecule has 0 N–H and O–H groups in total. The van der Waals surface area contributed by atoms with Crippen LogP contribution in [0, 0.1) is 24.9 Å². The second-order valence-electron chi connectivity index (χ2n) is 8.34. The predicted molar refractivity (Wildman–Crippen MR) is 150 cm³/mol. The monoisotopic (exact) mass is 524 g/mol. The molecule has 2 aliphatic rings. The number of nitrogens with zero attached hydrogens (tertiary/aromatic N) is 2. The van der Waals surface area contributed by atoms with Crippen LogP contribution < -0.4 is 0 Å². The van der Waals surface area contributed by atoms with Crippen molar-refractivity contribution in [2.75, 3.05) is 0 Å². The van der Waals surface area contributed by atoms with E-state index >= 15 is 0 Å². The summed E-state index contributed by atoms with van der Waals surface area (Å²) in [5, 5.41) is 0. The van der Waals surface area contributed by atoms with Crippen molar-refractivity contribution in [1.29, 1.82) is 0 Å². The highest BCUT2D eigenvalue weighted by atomic mass is 16.2. The van der Waals surface area contributed by atoms with E-state index in [1.54, 1.807) is 24.3 Å². The molecule has 2 heterocycles. The minimum absolute atomic E-state index is 0.365. The molecule has 0 aromatic heterocycles. The molecule has 0 atom stereocenters. The summed E-state index contributed by atoms with van der Waals surface area (Å²) in [6.07, 6.45) is 10.4. The number of carbonyl (C=O) groups is 5. The van der Waals surface area contributed by atoms with Gasteiger partial charge in [0.05, 0.1) is 22.3 Å². The van der Waals surface area contributed by atoms with E-state index < -0.39 is 23.6 Å². The van der Waals surface area contributed by atoms with Crippen LogP contribution in [0.25, 0.3) is 22.3 Å². The van der Waals surface area contributed by atoms with Crippen LogP contribution >= 0.6 is 0 Å². The molecule has 40 heavy (non-hydrogen) atoms. The van der Waals surface area contributed by atoms with Crippen molar-refractivity contribution in [2.24, 2.45) is 0 Å². The van der Waals surface area contributed by atoms with E-state index in [1.165, 1.54) is 0 Å². The number of amides is 4. The Balaban J connectivity index is 0.000000174. The van der Waals surface area contributed by atoms with Gasteiger partial charge in [0.15, 0.2) is 0 Å². The van der Waals surface area contributed by atoms with Gasteiger partial charge in [-0.15, -0.1) is 0 Å². The molecule has 7 nitrogen and oxygen atoms in total. The van der Waals surface area contributed by atoms with Gasteiger partial charge in [-0.05, 0) is 34.4 Å². The van der Waals surface area contributed by atoms with Gasteiger partial charge in [-0.1, -0.05) is 97.8 Å². The molecule has 4 aromatic carbocycles. The van der Waals surface area contributed by atoms with E-state index in [2.05, 4.69) is 12.1 Å². The van der Waals surface area contributed by atoms with Gasteiger partial charge in [-0.2, -0.15) is 9.80 Å². The molecular weight excluding hydrogens is 504 g/mol. The van der Waals surface area contributed by atoms with E-state index in [0.717, 1.165) is 32.1 Å². The number of hydrogen-bond donors (Lipinski definition) is 0. The van der Waals surface area contributed by atoms with E-state index in [4.69, 9.17) is 17.6 Å². The van der Waals surface area contributed by atoms with Crippen LogP contribution in [0.3, 0.4) is 0 Å². The topological polar surface area (TPSA) is 91.8 Å². The maximum atomic E-state index is 12.2.